The zero-order valence-corrected chi connectivity index (χ0v) is 28.6. The highest BCUT2D eigenvalue weighted by Crippen LogP contribution is 2.50. The minimum absolute atomic E-state index is 1.25. The van der Waals surface area contributed by atoms with E-state index in [-0.39, 0.29) is 0 Å². The van der Waals surface area contributed by atoms with Gasteiger partial charge in [0.2, 0.25) is 0 Å². The molecule has 0 radical (unpaired) electrons. The van der Waals surface area contributed by atoms with Crippen molar-refractivity contribution in [2.75, 3.05) is 0 Å². The molecule has 0 N–H and O–H groups in total. The Labute approximate surface area is 297 Å². The van der Waals surface area contributed by atoms with Crippen molar-refractivity contribution in [3.8, 4) is 33.4 Å². The fraction of sp³-hybridized carbons (Fsp3) is 0. The molecule has 0 amide bonds. The number of benzene rings is 9. The van der Waals surface area contributed by atoms with Crippen molar-refractivity contribution in [3.05, 3.63) is 170 Å². The van der Waals surface area contributed by atoms with E-state index in [1.807, 2.05) is 22.7 Å². The second-order valence-corrected chi connectivity index (χ2v) is 15.3. The number of hydrogen-bond acceptors (Lipinski definition) is 2. The quantitative estimate of drug-likeness (QED) is 0.164. The SMILES string of the molecule is c1ccc2c(-c3c4ccccc4c(-c4cc(-c5cccc6sc7ccccc7c56)c5sc6ccccc6c5c4)c4ccccc34)cccc2c1. The van der Waals surface area contributed by atoms with Crippen LogP contribution in [-0.2, 0) is 0 Å². The Morgan fingerprint density at radius 3 is 1.56 bits per heavy atom. The fourth-order valence-electron chi connectivity index (χ4n) is 8.34. The van der Waals surface area contributed by atoms with E-state index in [1.54, 1.807) is 0 Å². The summed E-state index contributed by atoms with van der Waals surface area (Å²) in [5, 5.41) is 13.0. The summed E-state index contributed by atoms with van der Waals surface area (Å²) in [4.78, 5) is 0. The Hall–Kier alpha value is -5.80. The van der Waals surface area contributed by atoms with Gasteiger partial charge in [-0.2, -0.15) is 0 Å². The first-order valence-electron chi connectivity index (χ1n) is 17.1. The summed E-state index contributed by atoms with van der Waals surface area (Å²) in [6.45, 7) is 0. The summed E-state index contributed by atoms with van der Waals surface area (Å²) in [5.41, 5.74) is 7.73. The molecule has 0 aliphatic rings. The third kappa shape index (κ3) is 4.04. The lowest BCUT2D eigenvalue weighted by Crippen LogP contribution is -1.92. The Morgan fingerprint density at radius 1 is 0.300 bits per heavy atom. The van der Waals surface area contributed by atoms with Crippen LogP contribution in [-0.4, -0.2) is 0 Å². The Morgan fingerprint density at radius 2 is 0.820 bits per heavy atom. The lowest BCUT2D eigenvalue weighted by atomic mass is 9.84. The Bertz CT molecular complexity index is 3090. The third-order valence-corrected chi connectivity index (χ3v) is 12.8. The van der Waals surface area contributed by atoms with Gasteiger partial charge in [0.1, 0.15) is 0 Å². The molecule has 9 aromatic carbocycles. The number of rotatable bonds is 3. The first kappa shape index (κ1) is 28.1. The molecule has 0 bridgehead atoms. The molecule has 0 fully saturated rings. The van der Waals surface area contributed by atoms with Crippen LogP contribution in [0.5, 0.6) is 0 Å². The molecule has 2 heterocycles. The van der Waals surface area contributed by atoms with Gasteiger partial charge in [0.15, 0.2) is 0 Å². The van der Waals surface area contributed by atoms with Crippen molar-refractivity contribution in [2.24, 2.45) is 0 Å². The maximum absolute atomic E-state index is 2.49. The largest absolute Gasteiger partial charge is 0.135 e. The average Bonchev–Trinajstić information content (AvgIpc) is 3.75. The van der Waals surface area contributed by atoms with Gasteiger partial charge in [0.25, 0.3) is 0 Å². The van der Waals surface area contributed by atoms with E-state index in [4.69, 9.17) is 0 Å². The van der Waals surface area contributed by atoms with Crippen molar-refractivity contribution in [1.82, 2.24) is 0 Å². The van der Waals surface area contributed by atoms with Gasteiger partial charge in [-0.3, -0.25) is 0 Å². The standard InChI is InChI=1S/C48H28S2/c1-2-15-31-29(13-1)14-11-22-33(31)46-36-19-5-3-17-34(36)45(35-18-4-6-20-37(35)46)30-27-40-32-16-7-9-24-42(32)50-48(40)41(28-30)38-23-12-26-44-47(38)39-21-8-10-25-43(39)49-44/h1-28H. The van der Waals surface area contributed by atoms with Crippen LogP contribution in [0.1, 0.15) is 0 Å². The van der Waals surface area contributed by atoms with Crippen LogP contribution < -0.4 is 0 Å². The summed E-state index contributed by atoms with van der Waals surface area (Å²) in [6, 6.07) is 63.2. The topological polar surface area (TPSA) is 0 Å². The van der Waals surface area contributed by atoms with Crippen LogP contribution in [0.4, 0.5) is 0 Å². The summed E-state index contributed by atoms with van der Waals surface area (Å²) in [7, 11) is 0. The maximum Gasteiger partial charge on any atom is 0.0434 e. The summed E-state index contributed by atoms with van der Waals surface area (Å²) < 4.78 is 5.33. The minimum Gasteiger partial charge on any atom is -0.135 e. The number of thiophene rings is 2. The molecule has 0 aliphatic heterocycles. The van der Waals surface area contributed by atoms with Gasteiger partial charge in [-0.1, -0.05) is 140 Å². The molecule has 0 atom stereocenters. The van der Waals surface area contributed by atoms with Crippen molar-refractivity contribution < 1.29 is 0 Å². The average molecular weight is 669 g/mol. The smallest absolute Gasteiger partial charge is 0.0434 e. The van der Waals surface area contributed by atoms with Crippen molar-refractivity contribution >= 4 is 95.3 Å². The van der Waals surface area contributed by atoms with Crippen LogP contribution in [0, 0.1) is 0 Å². The Kier molecular flexibility index (Phi) is 6.09. The number of fused-ring (bicyclic) bond motifs is 9. The molecule has 11 rings (SSSR count). The van der Waals surface area contributed by atoms with E-state index in [1.165, 1.54) is 106 Å². The summed E-state index contributed by atoms with van der Waals surface area (Å²) in [6.07, 6.45) is 0. The molecule has 0 nitrogen and oxygen atoms in total. The highest BCUT2D eigenvalue weighted by molar-refractivity contribution is 7.26. The molecule has 0 unspecified atom stereocenters. The third-order valence-electron chi connectivity index (χ3n) is 10.5. The number of hydrogen-bond donors (Lipinski definition) is 0. The predicted octanol–water partition coefficient (Wildman–Crippen LogP) is 14.9. The molecule has 0 saturated carbocycles. The van der Waals surface area contributed by atoms with E-state index >= 15 is 0 Å². The van der Waals surface area contributed by atoms with Gasteiger partial charge in [-0.25, -0.2) is 0 Å². The zero-order chi connectivity index (χ0) is 32.8. The molecule has 11 aromatic rings. The molecule has 2 aromatic heterocycles. The van der Waals surface area contributed by atoms with Gasteiger partial charge < -0.3 is 0 Å². The van der Waals surface area contributed by atoms with E-state index < -0.39 is 0 Å². The molecule has 232 valence electrons. The molecule has 0 spiro atoms. The molecular weight excluding hydrogens is 641 g/mol. The predicted molar refractivity (Wildman–Crippen MR) is 221 cm³/mol. The van der Waals surface area contributed by atoms with Gasteiger partial charge in [-0.05, 0) is 90.5 Å². The molecule has 2 heteroatoms. The van der Waals surface area contributed by atoms with Gasteiger partial charge in [-0.15, -0.1) is 22.7 Å². The lowest BCUT2D eigenvalue weighted by Gasteiger charge is -2.19. The molecular formula is C48H28S2. The maximum atomic E-state index is 2.49. The van der Waals surface area contributed by atoms with Crippen LogP contribution in [0.25, 0.3) is 106 Å². The zero-order valence-electron chi connectivity index (χ0n) is 27.0. The Balaban J connectivity index is 1.30. The van der Waals surface area contributed by atoms with E-state index in [0.717, 1.165) is 0 Å². The van der Waals surface area contributed by atoms with Gasteiger partial charge in [0.05, 0.1) is 0 Å². The molecule has 0 aliphatic carbocycles. The first-order chi connectivity index (χ1) is 24.8. The normalized spacial score (nSPS) is 12.0. The van der Waals surface area contributed by atoms with Gasteiger partial charge in [0, 0.05) is 45.9 Å². The summed E-state index contributed by atoms with van der Waals surface area (Å²) in [5.74, 6) is 0. The van der Waals surface area contributed by atoms with Crippen molar-refractivity contribution in [3.63, 3.8) is 0 Å². The summed E-state index contributed by atoms with van der Waals surface area (Å²) >= 11 is 3.80. The lowest BCUT2D eigenvalue weighted by molar-refractivity contribution is 1.68. The van der Waals surface area contributed by atoms with Crippen LogP contribution in [0.3, 0.4) is 0 Å². The van der Waals surface area contributed by atoms with Crippen LogP contribution >= 0.6 is 22.7 Å². The van der Waals surface area contributed by atoms with Crippen LogP contribution in [0.15, 0.2) is 170 Å². The fourth-order valence-corrected chi connectivity index (χ4v) is 10.7. The van der Waals surface area contributed by atoms with Crippen molar-refractivity contribution in [2.45, 2.75) is 0 Å². The first-order valence-corrected chi connectivity index (χ1v) is 18.7. The highest BCUT2D eigenvalue weighted by atomic mass is 32.1. The minimum atomic E-state index is 1.25. The van der Waals surface area contributed by atoms with Gasteiger partial charge >= 0.3 is 0 Å². The molecule has 0 saturated heterocycles. The monoisotopic (exact) mass is 668 g/mol. The van der Waals surface area contributed by atoms with Crippen LogP contribution in [0.2, 0.25) is 0 Å². The van der Waals surface area contributed by atoms with E-state index in [2.05, 4.69) is 170 Å². The second-order valence-electron chi connectivity index (χ2n) is 13.1. The second kappa shape index (κ2) is 10.9. The van der Waals surface area contributed by atoms with Crippen molar-refractivity contribution in [1.29, 1.82) is 0 Å². The highest BCUT2D eigenvalue weighted by Gasteiger charge is 2.21. The van der Waals surface area contributed by atoms with E-state index in [9.17, 15) is 0 Å². The van der Waals surface area contributed by atoms with E-state index in [0.29, 0.717) is 0 Å². The molecule has 50 heavy (non-hydrogen) atoms.